The Kier molecular flexibility index (Phi) is 4.87. The van der Waals surface area contributed by atoms with E-state index in [0.717, 1.165) is 6.42 Å². The van der Waals surface area contributed by atoms with Gasteiger partial charge < -0.3 is 4.52 Å². The number of aromatic nitrogens is 2. The van der Waals surface area contributed by atoms with Crippen LogP contribution >= 0.6 is 23.2 Å². The third-order valence-electron chi connectivity index (χ3n) is 3.53. The van der Waals surface area contributed by atoms with Gasteiger partial charge in [0.25, 0.3) is 0 Å². The van der Waals surface area contributed by atoms with E-state index >= 15 is 0 Å². The maximum absolute atomic E-state index is 8.91. The van der Waals surface area contributed by atoms with Crippen molar-refractivity contribution in [2.45, 2.75) is 33.1 Å². The zero-order valence-corrected chi connectivity index (χ0v) is 13.4. The average molecular weight is 324 g/mol. The summed E-state index contributed by atoms with van der Waals surface area (Å²) < 4.78 is 5.29. The molecule has 1 heterocycles. The van der Waals surface area contributed by atoms with Crippen molar-refractivity contribution in [3.63, 3.8) is 0 Å². The SMILES string of the molecule is CCC(C)(CC#N)Cc1nc(-c2cc(Cl)cc(Cl)c2)no1. The lowest BCUT2D eigenvalue weighted by molar-refractivity contribution is 0.266. The standard InChI is InChI=1S/C15H15Cl2N3O/c1-3-15(2,4-5-18)9-13-19-14(20-21-13)10-6-11(16)8-12(17)7-10/h6-8H,3-4,9H2,1-2H3. The Morgan fingerprint density at radius 3 is 2.52 bits per heavy atom. The van der Waals surface area contributed by atoms with E-state index in [1.54, 1.807) is 18.2 Å². The molecule has 1 aromatic heterocycles. The fraction of sp³-hybridized carbons (Fsp3) is 0.400. The maximum atomic E-state index is 8.91. The van der Waals surface area contributed by atoms with E-state index in [1.807, 2.05) is 13.8 Å². The van der Waals surface area contributed by atoms with Crippen molar-refractivity contribution in [2.24, 2.45) is 5.41 Å². The fourth-order valence-electron chi connectivity index (χ4n) is 2.00. The van der Waals surface area contributed by atoms with E-state index in [0.29, 0.717) is 40.2 Å². The van der Waals surface area contributed by atoms with E-state index < -0.39 is 0 Å². The molecule has 2 rings (SSSR count). The first kappa shape index (κ1) is 15.8. The van der Waals surface area contributed by atoms with E-state index in [2.05, 4.69) is 16.2 Å². The van der Waals surface area contributed by atoms with Gasteiger partial charge in [0.15, 0.2) is 0 Å². The quantitative estimate of drug-likeness (QED) is 0.783. The van der Waals surface area contributed by atoms with Crippen LogP contribution in [0.4, 0.5) is 0 Å². The minimum atomic E-state index is -0.162. The van der Waals surface area contributed by atoms with Crippen LogP contribution in [-0.4, -0.2) is 10.1 Å². The molecule has 0 saturated carbocycles. The summed E-state index contributed by atoms with van der Waals surface area (Å²) in [5, 5.41) is 13.9. The van der Waals surface area contributed by atoms with Crippen molar-refractivity contribution in [1.82, 2.24) is 10.1 Å². The lowest BCUT2D eigenvalue weighted by Gasteiger charge is -2.22. The molecule has 1 aromatic carbocycles. The van der Waals surface area contributed by atoms with Crippen LogP contribution in [0.15, 0.2) is 22.7 Å². The van der Waals surface area contributed by atoms with Gasteiger partial charge in [-0.3, -0.25) is 0 Å². The molecule has 0 saturated heterocycles. The third-order valence-corrected chi connectivity index (χ3v) is 3.96. The largest absolute Gasteiger partial charge is 0.339 e. The molecule has 0 aliphatic rings. The van der Waals surface area contributed by atoms with Gasteiger partial charge in [0.2, 0.25) is 11.7 Å². The van der Waals surface area contributed by atoms with Crippen molar-refractivity contribution >= 4 is 23.2 Å². The van der Waals surface area contributed by atoms with Crippen LogP contribution < -0.4 is 0 Å². The number of benzene rings is 1. The second kappa shape index (κ2) is 6.46. The van der Waals surface area contributed by atoms with Crippen molar-refractivity contribution in [3.05, 3.63) is 34.1 Å². The predicted octanol–water partition coefficient (Wildman–Crippen LogP) is 4.92. The molecule has 110 valence electrons. The van der Waals surface area contributed by atoms with Gasteiger partial charge in [-0.1, -0.05) is 42.2 Å². The lowest BCUT2D eigenvalue weighted by Crippen LogP contribution is -2.18. The molecule has 0 aliphatic heterocycles. The fourth-order valence-corrected chi connectivity index (χ4v) is 2.52. The molecular formula is C15H15Cl2N3O. The Morgan fingerprint density at radius 2 is 1.95 bits per heavy atom. The third kappa shape index (κ3) is 3.96. The summed E-state index contributed by atoms with van der Waals surface area (Å²) in [4.78, 5) is 4.37. The van der Waals surface area contributed by atoms with Crippen LogP contribution in [0.1, 0.15) is 32.6 Å². The summed E-state index contributed by atoms with van der Waals surface area (Å²) >= 11 is 11.9. The monoisotopic (exact) mass is 323 g/mol. The number of halogens is 2. The topological polar surface area (TPSA) is 62.7 Å². The van der Waals surface area contributed by atoms with Crippen LogP contribution in [0, 0.1) is 16.7 Å². The van der Waals surface area contributed by atoms with Crippen molar-refractivity contribution < 1.29 is 4.52 Å². The van der Waals surface area contributed by atoms with E-state index in [4.69, 9.17) is 33.0 Å². The second-order valence-corrected chi connectivity index (χ2v) is 6.22. The van der Waals surface area contributed by atoms with Gasteiger partial charge in [0.05, 0.1) is 6.07 Å². The molecule has 1 atom stereocenters. The van der Waals surface area contributed by atoms with Crippen molar-refractivity contribution in [2.75, 3.05) is 0 Å². The Bertz CT molecular complexity index is 658. The molecule has 6 heteroatoms. The summed E-state index contributed by atoms with van der Waals surface area (Å²) in [6.07, 6.45) is 1.88. The lowest BCUT2D eigenvalue weighted by atomic mass is 9.81. The minimum absolute atomic E-state index is 0.162. The predicted molar refractivity (Wildman–Crippen MR) is 82.1 cm³/mol. The average Bonchev–Trinajstić information content (AvgIpc) is 2.86. The van der Waals surface area contributed by atoms with Crippen LogP contribution in [0.25, 0.3) is 11.4 Å². The summed E-state index contributed by atoms with van der Waals surface area (Å²) in [5.74, 6) is 0.963. The van der Waals surface area contributed by atoms with Crippen LogP contribution in [0.3, 0.4) is 0 Å². The highest BCUT2D eigenvalue weighted by atomic mass is 35.5. The molecule has 1 unspecified atom stereocenters. The maximum Gasteiger partial charge on any atom is 0.227 e. The molecule has 0 bridgehead atoms. The molecule has 21 heavy (non-hydrogen) atoms. The molecular weight excluding hydrogens is 309 g/mol. The Hall–Kier alpha value is -1.57. The second-order valence-electron chi connectivity index (χ2n) is 5.35. The zero-order chi connectivity index (χ0) is 15.5. The molecule has 0 N–H and O–H groups in total. The van der Waals surface area contributed by atoms with Crippen LogP contribution in [0.2, 0.25) is 10.0 Å². The summed E-state index contributed by atoms with van der Waals surface area (Å²) in [6.45, 7) is 4.09. The van der Waals surface area contributed by atoms with Gasteiger partial charge in [0, 0.05) is 28.5 Å². The molecule has 4 nitrogen and oxygen atoms in total. The molecule has 0 amide bonds. The van der Waals surface area contributed by atoms with Gasteiger partial charge >= 0.3 is 0 Å². The Balaban J connectivity index is 2.24. The van der Waals surface area contributed by atoms with Gasteiger partial charge in [0.1, 0.15) is 0 Å². The number of hydrogen-bond donors (Lipinski definition) is 0. The smallest absolute Gasteiger partial charge is 0.227 e. The number of hydrogen-bond acceptors (Lipinski definition) is 4. The van der Waals surface area contributed by atoms with Crippen molar-refractivity contribution in [3.8, 4) is 17.5 Å². The van der Waals surface area contributed by atoms with Crippen molar-refractivity contribution in [1.29, 1.82) is 5.26 Å². The first-order valence-corrected chi connectivity index (χ1v) is 7.37. The highest BCUT2D eigenvalue weighted by Crippen LogP contribution is 2.31. The molecule has 0 aliphatic carbocycles. The number of rotatable bonds is 5. The van der Waals surface area contributed by atoms with Crippen LogP contribution in [0.5, 0.6) is 0 Å². The van der Waals surface area contributed by atoms with E-state index in [-0.39, 0.29) is 5.41 Å². The minimum Gasteiger partial charge on any atom is -0.339 e. The normalized spacial score (nSPS) is 13.7. The number of nitrogens with zero attached hydrogens (tertiary/aromatic N) is 3. The number of nitriles is 1. The highest BCUT2D eigenvalue weighted by molar-refractivity contribution is 6.35. The van der Waals surface area contributed by atoms with Gasteiger partial charge in [-0.05, 0) is 30.0 Å². The summed E-state index contributed by atoms with van der Waals surface area (Å²) in [6, 6.07) is 7.32. The zero-order valence-electron chi connectivity index (χ0n) is 11.9. The first-order chi connectivity index (χ1) is 9.95. The highest BCUT2D eigenvalue weighted by Gasteiger charge is 2.25. The Morgan fingerprint density at radius 1 is 1.29 bits per heavy atom. The molecule has 0 fully saturated rings. The first-order valence-electron chi connectivity index (χ1n) is 6.62. The van der Waals surface area contributed by atoms with Gasteiger partial charge in [-0.2, -0.15) is 10.2 Å². The van der Waals surface area contributed by atoms with E-state index in [1.165, 1.54) is 0 Å². The summed E-state index contributed by atoms with van der Waals surface area (Å²) in [5.41, 5.74) is 0.547. The van der Waals surface area contributed by atoms with Gasteiger partial charge in [-0.25, -0.2) is 0 Å². The summed E-state index contributed by atoms with van der Waals surface area (Å²) in [7, 11) is 0. The van der Waals surface area contributed by atoms with Gasteiger partial charge in [-0.15, -0.1) is 0 Å². The van der Waals surface area contributed by atoms with Crippen LogP contribution in [-0.2, 0) is 6.42 Å². The molecule has 0 radical (unpaired) electrons. The molecule has 2 aromatic rings. The Labute approximate surface area is 133 Å². The molecule has 0 spiro atoms. The van der Waals surface area contributed by atoms with E-state index in [9.17, 15) is 0 Å².